The molecule has 4 heterocycles. The molecule has 0 radical (unpaired) electrons. The second kappa shape index (κ2) is 6.86. The normalized spacial score (nSPS) is 19.5. The Morgan fingerprint density at radius 2 is 2.10 bits per heavy atom. The monoisotopic (exact) mass is 423 g/mol. The summed E-state index contributed by atoms with van der Waals surface area (Å²) < 4.78 is 10.8. The lowest BCUT2D eigenvalue weighted by Crippen LogP contribution is -2.49. The number of aliphatic imine (C=N–C) groups is 1. The highest BCUT2D eigenvalue weighted by Gasteiger charge is 2.56. The Hall–Kier alpha value is -3.36. The van der Waals surface area contributed by atoms with Crippen LogP contribution < -0.4 is 20.9 Å². The van der Waals surface area contributed by atoms with Crippen LogP contribution in [0.15, 0.2) is 57.9 Å². The predicted molar refractivity (Wildman–Crippen MR) is 112 cm³/mol. The average Bonchev–Trinajstić information content (AvgIpc) is 3.29. The van der Waals surface area contributed by atoms with E-state index < -0.39 is 5.41 Å². The number of amides is 1. The topological polar surface area (TPSA) is 106 Å². The molecule has 0 saturated heterocycles. The lowest BCUT2D eigenvalue weighted by atomic mass is 9.75. The number of nitrogens with two attached hydrogens (primary N) is 1. The maximum atomic E-state index is 14.0. The number of ether oxygens (including phenoxy) is 1. The summed E-state index contributed by atoms with van der Waals surface area (Å²) in [6.45, 7) is 0.417. The van der Waals surface area contributed by atoms with E-state index in [-0.39, 0.29) is 24.2 Å². The van der Waals surface area contributed by atoms with Crippen molar-refractivity contribution >= 4 is 29.0 Å². The molecule has 3 aromatic rings. The number of fused-ring (bicyclic) bond motifs is 4. The van der Waals surface area contributed by atoms with Gasteiger partial charge >= 0.3 is 0 Å². The van der Waals surface area contributed by atoms with E-state index in [0.717, 1.165) is 11.3 Å². The number of methoxy groups -OCH3 is 1. The molecule has 9 heteroatoms. The number of aromatic nitrogens is 1. The summed E-state index contributed by atoms with van der Waals surface area (Å²) in [6, 6.07) is 14.6. The summed E-state index contributed by atoms with van der Waals surface area (Å²) in [6.07, 6.45) is 0. The van der Waals surface area contributed by atoms with Gasteiger partial charge in [0.1, 0.15) is 17.0 Å². The van der Waals surface area contributed by atoms with Crippen molar-refractivity contribution in [2.24, 2.45) is 10.8 Å². The number of hydrogen-bond acceptors (Lipinski definition) is 7. The number of rotatable bonds is 3. The molecule has 1 aromatic carbocycles. The maximum absolute atomic E-state index is 14.0. The fourth-order valence-electron chi connectivity index (χ4n) is 4.21. The van der Waals surface area contributed by atoms with Crippen molar-refractivity contribution in [3.63, 3.8) is 0 Å². The van der Waals surface area contributed by atoms with E-state index in [1.54, 1.807) is 23.1 Å². The molecular formula is C21H18ClN5O3. The van der Waals surface area contributed by atoms with Crippen molar-refractivity contribution in [3.8, 4) is 5.88 Å². The number of carbonyl (C=O) groups is 1. The SMILES string of the molecule is COc1ccc2c(n1)C1(CN=C2NN)C(=O)N(Cc2ccc(Cl)o2)c2ccccc21. The average molecular weight is 424 g/mol. The number of hydrazine groups is 1. The first-order valence-electron chi connectivity index (χ1n) is 9.31. The maximum Gasteiger partial charge on any atom is 0.246 e. The third kappa shape index (κ3) is 2.54. The van der Waals surface area contributed by atoms with Crippen LogP contribution in [0.2, 0.25) is 5.22 Å². The number of furan rings is 1. The van der Waals surface area contributed by atoms with Crippen molar-refractivity contribution < 1.29 is 13.9 Å². The Morgan fingerprint density at radius 3 is 2.83 bits per heavy atom. The number of pyridine rings is 1. The molecule has 1 spiro atoms. The molecule has 1 unspecified atom stereocenters. The van der Waals surface area contributed by atoms with Gasteiger partial charge in [-0.05, 0) is 41.4 Å². The first kappa shape index (κ1) is 18.7. The minimum absolute atomic E-state index is 0.141. The molecule has 0 aliphatic carbocycles. The molecule has 0 saturated carbocycles. The fraction of sp³-hybridized carbons (Fsp3) is 0.190. The van der Waals surface area contributed by atoms with Crippen LogP contribution in [-0.2, 0) is 16.8 Å². The molecule has 2 aliphatic rings. The van der Waals surface area contributed by atoms with Crippen LogP contribution in [0.25, 0.3) is 0 Å². The van der Waals surface area contributed by atoms with Crippen molar-refractivity contribution in [2.45, 2.75) is 12.0 Å². The smallest absolute Gasteiger partial charge is 0.246 e. The number of nitrogens with zero attached hydrogens (tertiary/aromatic N) is 3. The number of amidine groups is 1. The van der Waals surface area contributed by atoms with E-state index in [2.05, 4.69) is 15.4 Å². The zero-order valence-electron chi connectivity index (χ0n) is 16.1. The van der Waals surface area contributed by atoms with Gasteiger partial charge in [0.25, 0.3) is 0 Å². The molecule has 1 amide bonds. The van der Waals surface area contributed by atoms with Crippen LogP contribution in [0.1, 0.15) is 22.6 Å². The molecular weight excluding hydrogens is 406 g/mol. The number of carbonyl (C=O) groups excluding carboxylic acids is 1. The number of halogens is 1. The third-order valence-corrected chi connectivity index (χ3v) is 5.76. The van der Waals surface area contributed by atoms with Crippen molar-refractivity contribution in [3.05, 3.63) is 76.3 Å². The zero-order chi connectivity index (χ0) is 20.9. The molecule has 0 bridgehead atoms. The molecule has 3 N–H and O–H groups in total. The summed E-state index contributed by atoms with van der Waals surface area (Å²) in [5, 5.41) is 0.275. The van der Waals surface area contributed by atoms with Gasteiger partial charge in [-0.25, -0.2) is 10.8 Å². The van der Waals surface area contributed by atoms with Gasteiger partial charge in [0, 0.05) is 17.3 Å². The summed E-state index contributed by atoms with van der Waals surface area (Å²) in [7, 11) is 1.54. The number of para-hydroxylation sites is 1. The lowest BCUT2D eigenvalue weighted by Gasteiger charge is -2.32. The van der Waals surface area contributed by atoms with Crippen LogP contribution in [0.5, 0.6) is 5.88 Å². The summed E-state index contributed by atoms with van der Waals surface area (Å²) >= 11 is 5.93. The highest BCUT2D eigenvalue weighted by atomic mass is 35.5. The van der Waals surface area contributed by atoms with Crippen LogP contribution in [0.3, 0.4) is 0 Å². The Morgan fingerprint density at radius 1 is 1.27 bits per heavy atom. The summed E-state index contributed by atoms with van der Waals surface area (Å²) in [5.41, 5.74) is 4.36. The van der Waals surface area contributed by atoms with Gasteiger partial charge in [0.15, 0.2) is 5.22 Å². The van der Waals surface area contributed by atoms with Gasteiger partial charge in [-0.2, -0.15) is 0 Å². The van der Waals surface area contributed by atoms with Crippen LogP contribution in [0.4, 0.5) is 5.69 Å². The van der Waals surface area contributed by atoms with Crippen molar-refractivity contribution in [1.29, 1.82) is 0 Å². The number of benzene rings is 1. The number of hydrogen-bond donors (Lipinski definition) is 2. The van der Waals surface area contributed by atoms with Crippen LogP contribution >= 0.6 is 11.6 Å². The Balaban J connectivity index is 1.71. The minimum atomic E-state index is -1.09. The van der Waals surface area contributed by atoms with Crippen LogP contribution in [-0.4, -0.2) is 30.4 Å². The van der Waals surface area contributed by atoms with E-state index in [0.29, 0.717) is 28.7 Å². The van der Waals surface area contributed by atoms with Crippen molar-refractivity contribution in [2.75, 3.05) is 18.6 Å². The van der Waals surface area contributed by atoms with Gasteiger partial charge in [-0.15, -0.1) is 0 Å². The van der Waals surface area contributed by atoms with Gasteiger partial charge < -0.3 is 19.5 Å². The molecule has 8 nitrogen and oxygen atoms in total. The van der Waals surface area contributed by atoms with Gasteiger partial charge in [-0.1, -0.05) is 18.2 Å². The Bertz CT molecular complexity index is 1190. The third-order valence-electron chi connectivity index (χ3n) is 5.56. The number of anilines is 1. The van der Waals surface area contributed by atoms with E-state index in [1.165, 1.54) is 7.11 Å². The van der Waals surface area contributed by atoms with Gasteiger partial charge in [-0.3, -0.25) is 9.79 Å². The predicted octanol–water partition coefficient (Wildman–Crippen LogP) is 2.39. The van der Waals surface area contributed by atoms with E-state index >= 15 is 0 Å². The largest absolute Gasteiger partial charge is 0.481 e. The van der Waals surface area contributed by atoms with E-state index in [4.69, 9.17) is 26.6 Å². The van der Waals surface area contributed by atoms with Gasteiger partial charge in [0.05, 0.1) is 25.9 Å². The Labute approximate surface area is 177 Å². The van der Waals surface area contributed by atoms with Gasteiger partial charge in [0.2, 0.25) is 11.8 Å². The highest BCUT2D eigenvalue weighted by molar-refractivity contribution is 6.28. The quantitative estimate of drug-likeness (QED) is 0.495. The fourth-order valence-corrected chi connectivity index (χ4v) is 4.37. The minimum Gasteiger partial charge on any atom is -0.481 e. The second-order valence-corrected chi connectivity index (χ2v) is 7.45. The molecule has 30 heavy (non-hydrogen) atoms. The molecule has 2 aliphatic heterocycles. The van der Waals surface area contributed by atoms with E-state index in [9.17, 15) is 4.79 Å². The second-order valence-electron chi connectivity index (χ2n) is 7.08. The molecule has 152 valence electrons. The summed E-state index contributed by atoms with van der Waals surface area (Å²) in [5.74, 6) is 7.01. The molecule has 0 fully saturated rings. The summed E-state index contributed by atoms with van der Waals surface area (Å²) in [4.78, 5) is 24.9. The first-order valence-corrected chi connectivity index (χ1v) is 9.69. The number of nitrogens with one attached hydrogen (secondary N) is 1. The zero-order valence-corrected chi connectivity index (χ0v) is 16.8. The van der Waals surface area contributed by atoms with E-state index in [1.807, 2.05) is 30.3 Å². The first-order chi connectivity index (χ1) is 14.6. The highest BCUT2D eigenvalue weighted by Crippen LogP contribution is 2.49. The lowest BCUT2D eigenvalue weighted by molar-refractivity contribution is -0.121. The Kier molecular flexibility index (Phi) is 4.27. The molecule has 5 rings (SSSR count). The van der Waals surface area contributed by atoms with Crippen LogP contribution in [0, 0.1) is 0 Å². The van der Waals surface area contributed by atoms with Crippen molar-refractivity contribution in [1.82, 2.24) is 10.4 Å². The molecule has 1 atom stereocenters. The standard InChI is InChI=1S/C21H18ClN5O3/c1-29-17-9-7-13-18(25-17)21(11-24-19(13)26-23)14-4-2-3-5-15(14)27(20(21)28)10-12-6-8-16(22)30-12/h2-9H,10-11,23H2,1H3,(H,24,26). The molecule has 2 aromatic heterocycles.